The van der Waals surface area contributed by atoms with Gasteiger partial charge in [0.1, 0.15) is 0 Å². The molecule has 37 heavy (non-hydrogen) atoms. The fraction of sp³-hybridized carbons (Fsp3) is 0.148. The van der Waals surface area contributed by atoms with Crippen molar-refractivity contribution in [3.8, 4) is 11.5 Å². The fourth-order valence-electron chi connectivity index (χ4n) is 3.71. The van der Waals surface area contributed by atoms with Crippen LogP contribution in [0.5, 0.6) is 11.5 Å². The van der Waals surface area contributed by atoms with Crippen LogP contribution >= 0.6 is 47.2 Å². The van der Waals surface area contributed by atoms with E-state index in [9.17, 15) is 9.59 Å². The van der Waals surface area contributed by atoms with Crippen LogP contribution in [-0.2, 0) is 9.59 Å². The van der Waals surface area contributed by atoms with Gasteiger partial charge in [0.25, 0.3) is 11.8 Å². The van der Waals surface area contributed by atoms with Crippen molar-refractivity contribution in [2.45, 2.75) is 13.8 Å². The standard InChI is InChI=1S/C27H22Cl2N2O4S2/c1-15-7-9-20(16(2)11-15)31-26(33)23(37-27(31)36)13-17-8-10-21(22(12-17)34-3)35-14-24(32)30-19-6-4-5-18(28)25(19)29/h4-13H,14H2,1-3H3,(H,30,32)/b23-13-. The number of amides is 2. The summed E-state index contributed by atoms with van der Waals surface area (Å²) in [5, 5.41) is 3.25. The summed E-state index contributed by atoms with van der Waals surface area (Å²) in [5.41, 5.74) is 3.98. The van der Waals surface area contributed by atoms with Crippen molar-refractivity contribution < 1.29 is 19.1 Å². The van der Waals surface area contributed by atoms with E-state index in [0.717, 1.165) is 22.4 Å². The van der Waals surface area contributed by atoms with Gasteiger partial charge in [0, 0.05) is 0 Å². The number of hydrogen-bond acceptors (Lipinski definition) is 6. The van der Waals surface area contributed by atoms with E-state index in [4.69, 9.17) is 44.9 Å². The highest BCUT2D eigenvalue weighted by Gasteiger charge is 2.34. The van der Waals surface area contributed by atoms with Crippen LogP contribution < -0.4 is 19.7 Å². The molecule has 6 nitrogen and oxygen atoms in total. The van der Waals surface area contributed by atoms with Gasteiger partial charge in [-0.25, -0.2) is 0 Å². The molecule has 4 rings (SSSR count). The summed E-state index contributed by atoms with van der Waals surface area (Å²) in [4.78, 5) is 27.6. The zero-order chi connectivity index (χ0) is 26.7. The number of nitrogens with zero attached hydrogens (tertiary/aromatic N) is 1. The number of thiocarbonyl (C=S) groups is 1. The molecule has 0 radical (unpaired) electrons. The molecule has 0 unspecified atom stereocenters. The van der Waals surface area contributed by atoms with Crippen molar-refractivity contribution in [1.82, 2.24) is 0 Å². The minimum atomic E-state index is -0.412. The second kappa shape index (κ2) is 11.6. The van der Waals surface area contributed by atoms with Gasteiger partial charge >= 0.3 is 0 Å². The number of rotatable bonds is 7. The zero-order valence-corrected chi connectivity index (χ0v) is 23.3. The Morgan fingerprint density at radius 1 is 1.11 bits per heavy atom. The molecule has 0 aliphatic carbocycles. The molecule has 0 saturated carbocycles. The molecule has 1 aliphatic rings. The highest BCUT2D eigenvalue weighted by Crippen LogP contribution is 2.38. The maximum absolute atomic E-state index is 13.2. The topological polar surface area (TPSA) is 67.9 Å². The van der Waals surface area contributed by atoms with Crippen molar-refractivity contribution in [1.29, 1.82) is 0 Å². The lowest BCUT2D eigenvalue weighted by atomic mass is 10.1. The maximum atomic E-state index is 13.2. The van der Waals surface area contributed by atoms with Gasteiger partial charge in [-0.2, -0.15) is 0 Å². The van der Waals surface area contributed by atoms with Crippen LogP contribution in [0.15, 0.2) is 59.5 Å². The molecule has 0 spiro atoms. The highest BCUT2D eigenvalue weighted by atomic mass is 35.5. The molecule has 10 heteroatoms. The minimum absolute atomic E-state index is 0.183. The Kier molecular flexibility index (Phi) is 8.44. The van der Waals surface area contributed by atoms with Gasteiger partial charge in [0.05, 0.1) is 33.4 Å². The molecule has 3 aromatic rings. The molecular weight excluding hydrogens is 551 g/mol. The zero-order valence-electron chi connectivity index (χ0n) is 20.1. The number of carbonyl (C=O) groups is 2. The lowest BCUT2D eigenvalue weighted by Gasteiger charge is -2.17. The van der Waals surface area contributed by atoms with Gasteiger partial charge in [0.15, 0.2) is 22.4 Å². The monoisotopic (exact) mass is 572 g/mol. The van der Waals surface area contributed by atoms with Gasteiger partial charge in [-0.3, -0.25) is 14.5 Å². The molecule has 3 aromatic carbocycles. The molecule has 1 heterocycles. The fourth-order valence-corrected chi connectivity index (χ4v) is 5.34. The van der Waals surface area contributed by atoms with E-state index in [0.29, 0.717) is 31.4 Å². The number of halogens is 2. The quantitative estimate of drug-likeness (QED) is 0.242. The van der Waals surface area contributed by atoms with Crippen LogP contribution in [0.25, 0.3) is 6.08 Å². The average molecular weight is 574 g/mol. The summed E-state index contributed by atoms with van der Waals surface area (Å²) in [6, 6.07) is 16.0. The molecule has 0 atom stereocenters. The summed E-state index contributed by atoms with van der Waals surface area (Å²) in [7, 11) is 1.50. The maximum Gasteiger partial charge on any atom is 0.270 e. The van der Waals surface area contributed by atoms with Gasteiger partial charge < -0.3 is 14.8 Å². The second-order valence-corrected chi connectivity index (χ2v) is 10.6. The van der Waals surface area contributed by atoms with Crippen molar-refractivity contribution in [3.63, 3.8) is 0 Å². The molecule has 2 amide bonds. The number of benzene rings is 3. The number of thioether (sulfide) groups is 1. The third-order valence-electron chi connectivity index (χ3n) is 5.46. The number of ether oxygens (including phenoxy) is 2. The van der Waals surface area contributed by atoms with Crippen LogP contribution in [0, 0.1) is 13.8 Å². The van der Waals surface area contributed by atoms with E-state index in [1.807, 2.05) is 32.0 Å². The second-order valence-electron chi connectivity index (χ2n) is 8.16. The number of anilines is 2. The molecule has 1 N–H and O–H groups in total. The Morgan fingerprint density at radius 2 is 1.89 bits per heavy atom. The normalized spacial score (nSPS) is 14.3. The van der Waals surface area contributed by atoms with E-state index in [1.165, 1.54) is 18.9 Å². The molecule has 1 fully saturated rings. The molecular formula is C27H22Cl2N2O4S2. The average Bonchev–Trinajstić information content (AvgIpc) is 3.13. The van der Waals surface area contributed by atoms with Crippen LogP contribution in [0.1, 0.15) is 16.7 Å². The van der Waals surface area contributed by atoms with E-state index in [2.05, 4.69) is 5.32 Å². The van der Waals surface area contributed by atoms with E-state index in [-0.39, 0.29) is 17.5 Å². The number of carbonyl (C=O) groups excluding carboxylic acids is 2. The number of nitrogens with one attached hydrogen (secondary N) is 1. The lowest BCUT2D eigenvalue weighted by molar-refractivity contribution is -0.118. The van der Waals surface area contributed by atoms with Crippen LogP contribution in [0.4, 0.5) is 11.4 Å². The Labute approximate surface area is 234 Å². The summed E-state index contributed by atoms with van der Waals surface area (Å²) in [6.07, 6.45) is 1.75. The van der Waals surface area contributed by atoms with Gasteiger partial charge in [-0.15, -0.1) is 0 Å². The van der Waals surface area contributed by atoms with E-state index >= 15 is 0 Å². The van der Waals surface area contributed by atoms with Crippen molar-refractivity contribution >= 4 is 80.8 Å². The van der Waals surface area contributed by atoms with Crippen LogP contribution in [-0.4, -0.2) is 29.9 Å². The number of hydrogen-bond donors (Lipinski definition) is 1. The third kappa shape index (κ3) is 6.10. The Balaban J connectivity index is 1.47. The summed E-state index contributed by atoms with van der Waals surface area (Å²) >= 11 is 18.9. The van der Waals surface area contributed by atoms with Crippen molar-refractivity contribution in [3.05, 3.63) is 86.2 Å². The van der Waals surface area contributed by atoms with Crippen molar-refractivity contribution in [2.24, 2.45) is 0 Å². The summed E-state index contributed by atoms with van der Waals surface area (Å²) in [6.45, 7) is 3.69. The molecule has 1 aliphatic heterocycles. The first kappa shape index (κ1) is 27.0. The van der Waals surface area contributed by atoms with E-state index in [1.54, 1.807) is 47.4 Å². The smallest absolute Gasteiger partial charge is 0.270 e. The third-order valence-corrected chi connectivity index (χ3v) is 7.58. The largest absolute Gasteiger partial charge is 0.493 e. The van der Waals surface area contributed by atoms with E-state index < -0.39 is 5.91 Å². The predicted octanol–water partition coefficient (Wildman–Crippen LogP) is 7.04. The molecule has 190 valence electrons. The SMILES string of the molecule is COc1cc(/C=C2\SC(=S)N(c3ccc(C)cc3C)C2=O)ccc1OCC(=O)Nc1cccc(Cl)c1Cl. The summed E-state index contributed by atoms with van der Waals surface area (Å²) in [5.74, 6) is 0.185. The first-order chi connectivity index (χ1) is 17.7. The van der Waals surface area contributed by atoms with Gasteiger partial charge in [0.2, 0.25) is 0 Å². The molecule has 0 bridgehead atoms. The summed E-state index contributed by atoms with van der Waals surface area (Å²) < 4.78 is 11.6. The van der Waals surface area contributed by atoms with Crippen LogP contribution in [0.2, 0.25) is 10.0 Å². The van der Waals surface area contributed by atoms with Gasteiger partial charge in [-0.1, -0.05) is 77.0 Å². The number of aryl methyl sites for hydroxylation is 2. The first-order valence-corrected chi connectivity index (χ1v) is 13.1. The Morgan fingerprint density at radius 3 is 2.62 bits per heavy atom. The Hall–Kier alpha value is -3.04. The predicted molar refractivity (Wildman–Crippen MR) is 155 cm³/mol. The lowest BCUT2D eigenvalue weighted by Crippen LogP contribution is -2.28. The van der Waals surface area contributed by atoms with Gasteiger partial charge in [-0.05, 0) is 61.4 Å². The van der Waals surface area contributed by atoms with Crippen molar-refractivity contribution in [2.75, 3.05) is 23.9 Å². The minimum Gasteiger partial charge on any atom is -0.493 e. The number of methoxy groups -OCH3 is 1. The van der Waals surface area contributed by atoms with Crippen LogP contribution in [0.3, 0.4) is 0 Å². The molecule has 0 aromatic heterocycles. The highest BCUT2D eigenvalue weighted by molar-refractivity contribution is 8.27. The Bertz CT molecular complexity index is 1440. The molecule has 1 saturated heterocycles. The first-order valence-electron chi connectivity index (χ1n) is 11.1.